The molecule has 1 atom stereocenters. The lowest BCUT2D eigenvalue weighted by Gasteiger charge is -2.18. The molecule has 0 aliphatic rings. The third-order valence-electron chi connectivity index (χ3n) is 11.3. The Hall–Kier alpha value is -9.63. The number of rotatable bonds is 17. The summed E-state index contributed by atoms with van der Waals surface area (Å²) in [7, 11) is 0. The van der Waals surface area contributed by atoms with E-state index in [4.69, 9.17) is 14.2 Å². The Labute approximate surface area is 435 Å². The molecular weight excluding hydrogens is 947 g/mol. The van der Waals surface area contributed by atoms with Crippen LogP contribution in [-0.2, 0) is 24.6 Å². The Morgan fingerprint density at radius 1 is 0.560 bits per heavy atom. The van der Waals surface area contributed by atoms with E-state index < -0.39 is 5.63 Å². The maximum absolute atomic E-state index is 12.8. The van der Waals surface area contributed by atoms with Crippen molar-refractivity contribution >= 4 is 34.8 Å². The largest absolute Gasteiger partial charge is 0.489 e. The summed E-state index contributed by atoms with van der Waals surface area (Å²) in [4.78, 5) is 63.5. The predicted octanol–water partition coefficient (Wildman–Crippen LogP) is 11.8. The molecule has 0 saturated heterocycles. The Balaban J connectivity index is 0.000000164. The average Bonchev–Trinajstić information content (AvgIpc) is 3.78. The van der Waals surface area contributed by atoms with Crippen molar-refractivity contribution in [1.29, 1.82) is 0 Å². The summed E-state index contributed by atoms with van der Waals surface area (Å²) in [6.45, 7) is 9.14. The van der Waals surface area contributed by atoms with Crippen molar-refractivity contribution in [3.8, 4) is 17.2 Å². The van der Waals surface area contributed by atoms with Crippen LogP contribution in [0.5, 0.6) is 17.2 Å². The third kappa shape index (κ3) is 16.7. The number of nitrogens with zero attached hydrogens (tertiary/aromatic N) is 3. The zero-order valence-electron chi connectivity index (χ0n) is 42.0. The fourth-order valence-corrected chi connectivity index (χ4v) is 7.54. The lowest BCUT2D eigenvalue weighted by Crippen LogP contribution is -2.21. The molecule has 380 valence electrons. The first kappa shape index (κ1) is 53.2. The van der Waals surface area contributed by atoms with Gasteiger partial charge in [-0.15, -0.1) is 0 Å². The fourth-order valence-electron chi connectivity index (χ4n) is 7.54. The van der Waals surface area contributed by atoms with Gasteiger partial charge in [0.05, 0.1) is 17.0 Å². The predicted molar refractivity (Wildman–Crippen MR) is 289 cm³/mol. The summed E-state index contributed by atoms with van der Waals surface area (Å²) in [5.41, 5.74) is 9.37. The van der Waals surface area contributed by atoms with E-state index in [0.717, 1.165) is 57.6 Å². The van der Waals surface area contributed by atoms with Crippen molar-refractivity contribution < 1.29 is 33.0 Å². The van der Waals surface area contributed by atoms with Crippen molar-refractivity contribution in [3.63, 3.8) is 0 Å². The minimum absolute atomic E-state index is 0.00351. The summed E-state index contributed by atoms with van der Waals surface area (Å²) in [6.07, 6.45) is 12.3. The van der Waals surface area contributed by atoms with Gasteiger partial charge in [-0.3, -0.25) is 29.3 Å². The Morgan fingerprint density at radius 2 is 1.05 bits per heavy atom. The smallest absolute Gasteiger partial charge is 0.335 e. The van der Waals surface area contributed by atoms with Crippen molar-refractivity contribution in [1.82, 2.24) is 19.9 Å². The number of hydrogen-bond acceptors (Lipinski definition) is 11. The number of aromatic nitrogens is 4. The van der Waals surface area contributed by atoms with E-state index in [9.17, 15) is 19.2 Å². The number of pyridine rings is 3. The zero-order valence-corrected chi connectivity index (χ0v) is 42.0. The van der Waals surface area contributed by atoms with Gasteiger partial charge in [0, 0.05) is 107 Å². The molecule has 0 aliphatic heterocycles. The van der Waals surface area contributed by atoms with Gasteiger partial charge in [0.1, 0.15) is 43.3 Å². The summed E-state index contributed by atoms with van der Waals surface area (Å²) in [5.74, 6) is 1.34. The van der Waals surface area contributed by atoms with E-state index >= 15 is 0 Å². The molecule has 0 radical (unpaired) electrons. The molecule has 9 rings (SSSR count). The summed E-state index contributed by atoms with van der Waals surface area (Å²) >= 11 is 0. The molecule has 15 heteroatoms. The number of aromatic amines is 1. The normalized spacial score (nSPS) is 10.8. The van der Waals surface area contributed by atoms with Crippen LogP contribution in [0.25, 0.3) is 0 Å². The summed E-state index contributed by atoms with van der Waals surface area (Å²) < 4.78 is 21.9. The molecule has 0 fully saturated rings. The number of carbonyl (C=O) groups is 3. The van der Waals surface area contributed by atoms with Crippen LogP contribution in [0.4, 0.5) is 17.1 Å². The van der Waals surface area contributed by atoms with Crippen molar-refractivity contribution in [2.24, 2.45) is 0 Å². The molecular formula is C60H57N7O8. The second-order valence-electron chi connectivity index (χ2n) is 17.1. The van der Waals surface area contributed by atoms with Gasteiger partial charge < -0.3 is 39.6 Å². The highest BCUT2D eigenvalue weighted by atomic mass is 16.5. The van der Waals surface area contributed by atoms with Crippen LogP contribution in [0.3, 0.4) is 0 Å². The molecule has 75 heavy (non-hydrogen) atoms. The number of nitrogens with one attached hydrogen (secondary N) is 4. The number of ether oxygens (including phenoxy) is 3. The number of H-pyrrole nitrogens is 1. The maximum Gasteiger partial charge on any atom is 0.335 e. The Morgan fingerprint density at radius 3 is 1.48 bits per heavy atom. The van der Waals surface area contributed by atoms with Crippen molar-refractivity contribution in [3.05, 3.63) is 256 Å². The van der Waals surface area contributed by atoms with Gasteiger partial charge in [0.15, 0.2) is 0 Å². The van der Waals surface area contributed by atoms with Gasteiger partial charge in [-0.05, 0) is 105 Å². The van der Waals surface area contributed by atoms with Gasteiger partial charge >= 0.3 is 5.63 Å². The molecule has 5 heterocycles. The van der Waals surface area contributed by atoms with E-state index in [1.165, 1.54) is 12.1 Å². The first-order valence-electron chi connectivity index (χ1n) is 24.1. The fraction of sp³-hybridized carbons (Fsp3) is 0.150. The SMILES string of the molecule is CCC(C(=O)Nc1cccc(OCc2cccnc2)c1)c1ccccc1C.Cc1cc(C(=O)Nc2cccc(OCc3cccnc3)c2)c(C)[nH]1.O=C(Nc1cccc(OCc2cccnc2)c1)c1ccc(=O)oc1. The zero-order chi connectivity index (χ0) is 52.8. The van der Waals surface area contributed by atoms with Crippen LogP contribution >= 0.6 is 0 Å². The monoisotopic (exact) mass is 1000 g/mol. The third-order valence-corrected chi connectivity index (χ3v) is 11.3. The number of hydrogen-bond donors (Lipinski definition) is 4. The van der Waals surface area contributed by atoms with E-state index in [1.807, 2.05) is 143 Å². The number of aryl methyl sites for hydroxylation is 3. The van der Waals surface area contributed by atoms with E-state index in [2.05, 4.69) is 40.3 Å². The summed E-state index contributed by atoms with van der Waals surface area (Å²) in [6, 6.07) is 45.8. The highest BCUT2D eigenvalue weighted by molar-refractivity contribution is 6.05. The minimum atomic E-state index is -0.502. The molecule has 0 bridgehead atoms. The second kappa shape index (κ2) is 27.3. The first-order valence-corrected chi connectivity index (χ1v) is 24.1. The molecule has 9 aromatic rings. The average molecular weight is 1000 g/mol. The Bertz CT molecular complexity index is 3310. The van der Waals surface area contributed by atoms with Crippen LogP contribution in [0.15, 0.2) is 204 Å². The van der Waals surface area contributed by atoms with Crippen LogP contribution in [0.1, 0.15) is 79.2 Å². The minimum Gasteiger partial charge on any atom is -0.489 e. The quantitative estimate of drug-likeness (QED) is 0.0676. The van der Waals surface area contributed by atoms with Gasteiger partial charge in [-0.25, -0.2) is 4.79 Å². The van der Waals surface area contributed by atoms with Crippen LogP contribution in [0.2, 0.25) is 0 Å². The van der Waals surface area contributed by atoms with Crippen LogP contribution in [0, 0.1) is 20.8 Å². The van der Waals surface area contributed by atoms with Gasteiger partial charge in [0.2, 0.25) is 5.91 Å². The van der Waals surface area contributed by atoms with Crippen LogP contribution in [-0.4, -0.2) is 37.7 Å². The maximum atomic E-state index is 12.8. The number of carbonyl (C=O) groups excluding carboxylic acids is 3. The molecule has 5 aromatic heterocycles. The molecule has 3 amide bonds. The summed E-state index contributed by atoms with van der Waals surface area (Å²) in [5, 5.41) is 8.65. The van der Waals surface area contributed by atoms with Crippen LogP contribution < -0.4 is 35.8 Å². The number of anilines is 3. The molecule has 1 unspecified atom stereocenters. The van der Waals surface area contributed by atoms with Gasteiger partial charge in [-0.1, -0.05) is 67.6 Å². The van der Waals surface area contributed by atoms with Gasteiger partial charge in [0.25, 0.3) is 11.8 Å². The topological polar surface area (TPSA) is 200 Å². The lowest BCUT2D eigenvalue weighted by atomic mass is 9.92. The molecule has 4 N–H and O–H groups in total. The Kier molecular flexibility index (Phi) is 19.3. The molecule has 0 spiro atoms. The molecule has 15 nitrogen and oxygen atoms in total. The highest BCUT2D eigenvalue weighted by Crippen LogP contribution is 2.27. The molecule has 4 aromatic carbocycles. The van der Waals surface area contributed by atoms with Crippen molar-refractivity contribution in [2.45, 2.75) is 59.9 Å². The van der Waals surface area contributed by atoms with E-state index in [-0.39, 0.29) is 29.2 Å². The standard InChI is InChI=1S/C23H24N2O2.C19H19N3O2.C18H14N2O4/c1-3-21(22-12-5-4-8-17(22)2)23(26)25-19-10-6-11-20(14-19)27-16-18-9-7-13-24-15-18;1-13-9-18(14(2)21-13)19(23)22-16-6-3-7-17(10-16)24-12-15-5-4-8-20-11-15;21-17-7-6-14(12-24-17)18(22)20-15-4-1-5-16(9-15)23-11-13-3-2-8-19-10-13/h4-15,21H,3,16H2,1-2H3,(H,25,26);3-11,21H,12H2,1-2H3,(H,22,23);1-10,12H,11H2,(H,20,22). The number of amides is 3. The first-order chi connectivity index (χ1) is 36.5. The lowest BCUT2D eigenvalue weighted by molar-refractivity contribution is -0.117. The molecule has 0 saturated carbocycles. The number of benzene rings is 4. The van der Waals surface area contributed by atoms with E-state index in [0.29, 0.717) is 54.0 Å². The molecule has 0 aliphatic carbocycles. The second-order valence-corrected chi connectivity index (χ2v) is 17.1. The van der Waals surface area contributed by atoms with Gasteiger partial charge in [-0.2, -0.15) is 0 Å². The van der Waals surface area contributed by atoms with Crippen molar-refractivity contribution in [2.75, 3.05) is 16.0 Å². The van der Waals surface area contributed by atoms with E-state index in [1.54, 1.807) is 61.4 Å². The highest BCUT2D eigenvalue weighted by Gasteiger charge is 2.20.